The van der Waals surface area contributed by atoms with Gasteiger partial charge in [0.25, 0.3) is 0 Å². The Morgan fingerprint density at radius 2 is 2.31 bits per heavy atom. The van der Waals surface area contributed by atoms with Gasteiger partial charge >= 0.3 is 0 Å². The van der Waals surface area contributed by atoms with Crippen LogP contribution in [-0.2, 0) is 6.54 Å². The van der Waals surface area contributed by atoms with Gasteiger partial charge in [-0.15, -0.1) is 0 Å². The van der Waals surface area contributed by atoms with Crippen molar-refractivity contribution in [2.24, 2.45) is 0 Å². The molecule has 2 aromatic heterocycles. The van der Waals surface area contributed by atoms with Crippen LogP contribution >= 0.6 is 11.3 Å². The molecule has 0 aromatic carbocycles. The quantitative estimate of drug-likeness (QED) is 0.805. The summed E-state index contributed by atoms with van der Waals surface area (Å²) in [6.45, 7) is 0.848. The summed E-state index contributed by atoms with van der Waals surface area (Å²) in [5.74, 6) is 0.925. The third-order valence-corrected chi connectivity index (χ3v) is 2.45. The lowest BCUT2D eigenvalue weighted by Gasteiger charge is -2.02. The van der Waals surface area contributed by atoms with Crippen LogP contribution in [0, 0.1) is 0 Å². The molecule has 0 radical (unpaired) electrons. The summed E-state index contributed by atoms with van der Waals surface area (Å²) in [4.78, 5) is 4.17. The Hall–Kier alpha value is -1.35. The summed E-state index contributed by atoms with van der Waals surface area (Å²) in [6.07, 6.45) is 1.79. The molecule has 0 spiro atoms. The zero-order valence-electron chi connectivity index (χ0n) is 7.10. The first-order valence-corrected chi connectivity index (χ1v) is 5.05. The van der Waals surface area contributed by atoms with Crippen molar-refractivity contribution in [3.05, 3.63) is 46.8 Å². The minimum atomic E-state index is 0.848. The molecule has 0 saturated carbocycles. The van der Waals surface area contributed by atoms with E-state index in [1.54, 1.807) is 17.5 Å². The highest BCUT2D eigenvalue weighted by Gasteiger charge is 1.93. The second-order valence-electron chi connectivity index (χ2n) is 2.70. The Morgan fingerprint density at radius 1 is 1.31 bits per heavy atom. The average Bonchev–Trinajstić information content (AvgIpc) is 2.69. The van der Waals surface area contributed by atoms with Crippen LogP contribution in [0.4, 0.5) is 5.82 Å². The first kappa shape index (κ1) is 8.26. The van der Waals surface area contributed by atoms with Crippen LogP contribution in [0.3, 0.4) is 0 Å². The lowest BCUT2D eigenvalue weighted by Crippen LogP contribution is -1.99. The van der Waals surface area contributed by atoms with Gasteiger partial charge in [-0.25, -0.2) is 4.98 Å². The molecule has 0 bridgehead atoms. The number of hydrogen-bond acceptors (Lipinski definition) is 3. The molecule has 13 heavy (non-hydrogen) atoms. The maximum Gasteiger partial charge on any atom is 0.126 e. The summed E-state index contributed by atoms with van der Waals surface area (Å²) in [5, 5.41) is 7.46. The molecule has 0 aliphatic heterocycles. The number of nitrogens with zero attached hydrogens (tertiary/aromatic N) is 1. The summed E-state index contributed by atoms with van der Waals surface area (Å²) < 4.78 is 0. The zero-order chi connectivity index (χ0) is 8.93. The Balaban J connectivity index is 1.94. The molecule has 1 N–H and O–H groups in total. The molecular formula is C10H10N2S. The molecule has 0 saturated heterocycles. The third-order valence-electron chi connectivity index (χ3n) is 1.72. The van der Waals surface area contributed by atoms with Crippen LogP contribution in [0.5, 0.6) is 0 Å². The van der Waals surface area contributed by atoms with E-state index in [-0.39, 0.29) is 0 Å². The van der Waals surface area contributed by atoms with Crippen LogP contribution in [0.2, 0.25) is 0 Å². The van der Waals surface area contributed by atoms with E-state index in [4.69, 9.17) is 0 Å². The topological polar surface area (TPSA) is 24.9 Å². The van der Waals surface area contributed by atoms with Crippen molar-refractivity contribution < 1.29 is 0 Å². The van der Waals surface area contributed by atoms with E-state index < -0.39 is 0 Å². The standard InChI is InChI=1S/C10H10N2S/c1-2-5-11-10(3-1)12-7-9-4-6-13-8-9/h1-6,8H,7H2,(H,11,12). The number of rotatable bonds is 3. The molecule has 0 aliphatic rings. The van der Waals surface area contributed by atoms with Gasteiger partial charge in [0.05, 0.1) is 0 Å². The maximum atomic E-state index is 4.17. The van der Waals surface area contributed by atoms with Crippen LogP contribution < -0.4 is 5.32 Å². The van der Waals surface area contributed by atoms with Crippen LogP contribution in [0.25, 0.3) is 0 Å². The Bertz CT molecular complexity index is 342. The molecule has 0 atom stereocenters. The fraction of sp³-hybridized carbons (Fsp3) is 0.100. The highest BCUT2D eigenvalue weighted by molar-refractivity contribution is 7.07. The predicted molar refractivity (Wildman–Crippen MR) is 55.9 cm³/mol. The van der Waals surface area contributed by atoms with Gasteiger partial charge in [0.15, 0.2) is 0 Å². The van der Waals surface area contributed by atoms with E-state index >= 15 is 0 Å². The van der Waals surface area contributed by atoms with Crippen molar-refractivity contribution in [2.75, 3.05) is 5.32 Å². The first-order valence-electron chi connectivity index (χ1n) is 4.11. The van der Waals surface area contributed by atoms with E-state index in [1.165, 1.54) is 5.56 Å². The summed E-state index contributed by atoms with van der Waals surface area (Å²) >= 11 is 1.71. The normalized spacial score (nSPS) is 9.85. The summed E-state index contributed by atoms with van der Waals surface area (Å²) in [6, 6.07) is 7.96. The van der Waals surface area contributed by atoms with Crippen LogP contribution in [-0.4, -0.2) is 4.98 Å². The van der Waals surface area contributed by atoms with Gasteiger partial charge in [-0.2, -0.15) is 11.3 Å². The second-order valence-corrected chi connectivity index (χ2v) is 3.48. The lowest BCUT2D eigenvalue weighted by molar-refractivity contribution is 1.12. The third kappa shape index (κ3) is 2.29. The van der Waals surface area contributed by atoms with Gasteiger partial charge in [-0.3, -0.25) is 0 Å². The summed E-state index contributed by atoms with van der Waals surface area (Å²) in [7, 11) is 0. The highest BCUT2D eigenvalue weighted by atomic mass is 32.1. The van der Waals surface area contributed by atoms with Crippen molar-refractivity contribution in [1.82, 2.24) is 4.98 Å². The lowest BCUT2D eigenvalue weighted by atomic mass is 10.3. The Morgan fingerprint density at radius 3 is 3.00 bits per heavy atom. The number of thiophene rings is 1. The molecule has 2 nitrogen and oxygen atoms in total. The molecule has 2 aromatic rings. The van der Waals surface area contributed by atoms with Gasteiger partial charge in [0.1, 0.15) is 5.82 Å². The van der Waals surface area contributed by atoms with E-state index in [2.05, 4.69) is 27.1 Å². The summed E-state index contributed by atoms with van der Waals surface area (Å²) in [5.41, 5.74) is 1.30. The first-order chi connectivity index (χ1) is 6.45. The SMILES string of the molecule is c1ccc(NCc2ccsc2)nc1. The molecule has 2 rings (SSSR count). The molecule has 0 unspecified atom stereocenters. The number of anilines is 1. The van der Waals surface area contributed by atoms with Crippen molar-refractivity contribution >= 4 is 17.2 Å². The fourth-order valence-corrected chi connectivity index (χ4v) is 1.72. The highest BCUT2D eigenvalue weighted by Crippen LogP contribution is 2.08. The van der Waals surface area contributed by atoms with Crippen molar-refractivity contribution in [2.45, 2.75) is 6.54 Å². The second kappa shape index (κ2) is 4.05. The minimum absolute atomic E-state index is 0.848. The van der Waals surface area contributed by atoms with Crippen LogP contribution in [0.15, 0.2) is 41.2 Å². The van der Waals surface area contributed by atoms with Crippen molar-refractivity contribution in [1.29, 1.82) is 0 Å². The predicted octanol–water partition coefficient (Wildman–Crippen LogP) is 2.76. The maximum absolute atomic E-state index is 4.17. The molecular weight excluding hydrogens is 180 g/mol. The molecule has 3 heteroatoms. The molecule has 0 fully saturated rings. The van der Waals surface area contributed by atoms with Crippen LogP contribution in [0.1, 0.15) is 5.56 Å². The molecule has 0 aliphatic carbocycles. The molecule has 0 amide bonds. The average molecular weight is 190 g/mol. The van der Waals surface area contributed by atoms with E-state index in [0.717, 1.165) is 12.4 Å². The van der Waals surface area contributed by atoms with E-state index in [0.29, 0.717) is 0 Å². The largest absolute Gasteiger partial charge is 0.366 e. The van der Waals surface area contributed by atoms with Crippen molar-refractivity contribution in [3.63, 3.8) is 0 Å². The monoisotopic (exact) mass is 190 g/mol. The fourth-order valence-electron chi connectivity index (χ4n) is 1.05. The van der Waals surface area contributed by atoms with Crippen molar-refractivity contribution in [3.8, 4) is 0 Å². The van der Waals surface area contributed by atoms with E-state index in [1.807, 2.05) is 18.2 Å². The Kier molecular flexibility index (Phi) is 2.57. The Labute approximate surface area is 81.3 Å². The van der Waals surface area contributed by atoms with Gasteiger partial charge in [-0.05, 0) is 34.5 Å². The van der Waals surface area contributed by atoms with Gasteiger partial charge in [-0.1, -0.05) is 6.07 Å². The van der Waals surface area contributed by atoms with Gasteiger partial charge in [0.2, 0.25) is 0 Å². The molecule has 66 valence electrons. The number of nitrogens with one attached hydrogen (secondary N) is 1. The minimum Gasteiger partial charge on any atom is -0.366 e. The number of hydrogen-bond donors (Lipinski definition) is 1. The zero-order valence-corrected chi connectivity index (χ0v) is 7.92. The smallest absolute Gasteiger partial charge is 0.126 e. The molecule has 2 heterocycles. The van der Waals surface area contributed by atoms with E-state index in [9.17, 15) is 0 Å². The number of aromatic nitrogens is 1. The van der Waals surface area contributed by atoms with Gasteiger partial charge < -0.3 is 5.32 Å². The van der Waals surface area contributed by atoms with Gasteiger partial charge in [0, 0.05) is 12.7 Å². The number of pyridine rings is 1.